The van der Waals surface area contributed by atoms with Gasteiger partial charge in [-0.3, -0.25) is 9.36 Å². The molecule has 1 saturated heterocycles. The van der Waals surface area contributed by atoms with E-state index in [0.29, 0.717) is 38.5 Å². The average molecular weight is 408 g/mol. The Morgan fingerprint density at radius 3 is 2.52 bits per heavy atom. The molecule has 0 radical (unpaired) electrons. The Morgan fingerprint density at radius 2 is 1.83 bits per heavy atom. The van der Waals surface area contributed by atoms with Crippen molar-refractivity contribution in [2.45, 2.75) is 31.6 Å². The Kier molecular flexibility index (Phi) is 5.49. The van der Waals surface area contributed by atoms with E-state index in [1.54, 1.807) is 0 Å². The van der Waals surface area contributed by atoms with Gasteiger partial charge in [0.05, 0.1) is 13.2 Å². The van der Waals surface area contributed by atoms with E-state index >= 15 is 0 Å². The zero-order chi connectivity index (χ0) is 20.4. The van der Waals surface area contributed by atoms with Gasteiger partial charge in [0.1, 0.15) is 11.9 Å². The molecule has 29 heavy (non-hydrogen) atoms. The molecular weight excluding hydrogens is 385 g/mol. The van der Waals surface area contributed by atoms with Crippen molar-refractivity contribution < 1.29 is 17.9 Å². The summed E-state index contributed by atoms with van der Waals surface area (Å²) in [5, 5.41) is 0. The highest BCUT2D eigenvalue weighted by Gasteiger charge is 2.46. The Bertz CT molecular complexity index is 895. The number of rotatable bonds is 4. The summed E-state index contributed by atoms with van der Waals surface area (Å²) in [5.41, 5.74) is 0.624. The van der Waals surface area contributed by atoms with Gasteiger partial charge in [-0.1, -0.05) is 30.3 Å². The lowest BCUT2D eigenvalue weighted by Crippen LogP contribution is -2.53. The van der Waals surface area contributed by atoms with Gasteiger partial charge in [0.25, 0.3) is 5.56 Å². The maximum absolute atomic E-state index is 13.8. The second kappa shape index (κ2) is 8.06. The van der Waals surface area contributed by atoms with Crippen molar-refractivity contribution in [3.05, 3.63) is 52.3 Å². The Balaban J connectivity index is 1.69. The van der Waals surface area contributed by atoms with Crippen molar-refractivity contribution in [3.8, 4) is 0 Å². The Hall–Kier alpha value is -2.55. The van der Waals surface area contributed by atoms with Crippen molar-refractivity contribution in [1.82, 2.24) is 9.55 Å². The minimum atomic E-state index is -4.39. The van der Waals surface area contributed by atoms with Crippen LogP contribution in [0.15, 0.2) is 41.2 Å². The molecule has 1 fully saturated rings. The molecule has 2 aliphatic rings. The van der Waals surface area contributed by atoms with Crippen LogP contribution in [0.4, 0.5) is 24.9 Å². The van der Waals surface area contributed by atoms with Crippen LogP contribution in [0.2, 0.25) is 0 Å². The number of hydrogen-bond acceptors (Lipinski definition) is 5. The van der Waals surface area contributed by atoms with Gasteiger partial charge in [0.2, 0.25) is 5.95 Å². The molecular formula is C20H23F3N4O2. The number of halogens is 3. The molecule has 2 aliphatic heterocycles. The van der Waals surface area contributed by atoms with Crippen LogP contribution in [0, 0.1) is 0 Å². The van der Waals surface area contributed by atoms with E-state index in [1.807, 2.05) is 35.2 Å². The number of nitrogens with zero attached hydrogens (tertiary/aromatic N) is 4. The highest BCUT2D eigenvalue weighted by molar-refractivity contribution is 5.47. The van der Waals surface area contributed by atoms with E-state index in [-0.39, 0.29) is 31.0 Å². The lowest BCUT2D eigenvalue weighted by atomic mass is 10.1. The van der Waals surface area contributed by atoms with Crippen molar-refractivity contribution >= 4 is 11.8 Å². The first-order valence-electron chi connectivity index (χ1n) is 9.75. The molecule has 0 amide bonds. The van der Waals surface area contributed by atoms with E-state index in [2.05, 4.69) is 4.98 Å². The van der Waals surface area contributed by atoms with Crippen LogP contribution in [-0.4, -0.2) is 54.6 Å². The molecule has 6 nitrogen and oxygen atoms in total. The normalized spacial score (nSPS) is 19.9. The second-order valence-electron chi connectivity index (χ2n) is 7.28. The molecule has 0 spiro atoms. The van der Waals surface area contributed by atoms with Gasteiger partial charge in [-0.25, -0.2) is 0 Å². The molecule has 1 aromatic carbocycles. The number of ether oxygens (including phenoxy) is 1. The van der Waals surface area contributed by atoms with Crippen LogP contribution in [-0.2, 0) is 17.7 Å². The molecule has 156 valence electrons. The predicted octanol–water partition coefficient (Wildman–Crippen LogP) is 2.46. The van der Waals surface area contributed by atoms with Crippen LogP contribution in [0.5, 0.6) is 0 Å². The van der Waals surface area contributed by atoms with Gasteiger partial charge in [-0.2, -0.15) is 18.2 Å². The fourth-order valence-electron chi connectivity index (χ4n) is 3.90. The third-order valence-corrected chi connectivity index (χ3v) is 5.43. The molecule has 1 aromatic heterocycles. The summed E-state index contributed by atoms with van der Waals surface area (Å²) in [7, 11) is 0. The molecule has 2 aromatic rings. The monoisotopic (exact) mass is 408 g/mol. The number of hydrogen-bond donors (Lipinski definition) is 0. The first kappa shape index (κ1) is 19.8. The molecule has 4 rings (SSSR count). The number of alkyl halides is 3. The largest absolute Gasteiger partial charge is 0.408 e. The minimum Gasteiger partial charge on any atom is -0.378 e. The van der Waals surface area contributed by atoms with Crippen molar-refractivity contribution in [2.24, 2.45) is 0 Å². The maximum Gasteiger partial charge on any atom is 0.408 e. The van der Waals surface area contributed by atoms with Crippen molar-refractivity contribution in [1.29, 1.82) is 0 Å². The number of anilines is 2. The fourth-order valence-corrected chi connectivity index (χ4v) is 3.90. The van der Waals surface area contributed by atoms with E-state index in [0.717, 1.165) is 5.56 Å². The van der Waals surface area contributed by atoms with Gasteiger partial charge >= 0.3 is 6.18 Å². The first-order chi connectivity index (χ1) is 13.9. The summed E-state index contributed by atoms with van der Waals surface area (Å²) in [6.45, 7) is 2.26. The highest BCUT2D eigenvalue weighted by Crippen LogP contribution is 2.34. The molecule has 0 N–H and O–H groups in total. The quantitative estimate of drug-likeness (QED) is 0.778. The average Bonchev–Trinajstić information content (AvgIpc) is 2.72. The van der Waals surface area contributed by atoms with Crippen LogP contribution in [0.1, 0.15) is 12.0 Å². The van der Waals surface area contributed by atoms with E-state index in [9.17, 15) is 18.0 Å². The van der Waals surface area contributed by atoms with Crippen LogP contribution in [0.3, 0.4) is 0 Å². The Labute approximate surface area is 166 Å². The molecule has 9 heteroatoms. The van der Waals surface area contributed by atoms with E-state index in [4.69, 9.17) is 4.74 Å². The van der Waals surface area contributed by atoms with Crippen molar-refractivity contribution in [2.75, 3.05) is 42.6 Å². The number of aromatic nitrogens is 2. The summed E-state index contributed by atoms with van der Waals surface area (Å²) in [6, 6.07) is 9.12. The number of fused-ring (bicyclic) bond motifs is 1. The van der Waals surface area contributed by atoms with Gasteiger partial charge in [0, 0.05) is 32.2 Å². The lowest BCUT2D eigenvalue weighted by Gasteiger charge is -2.39. The van der Waals surface area contributed by atoms with Crippen LogP contribution < -0.4 is 15.4 Å². The van der Waals surface area contributed by atoms with Gasteiger partial charge < -0.3 is 14.5 Å². The van der Waals surface area contributed by atoms with Gasteiger partial charge in [-0.05, 0) is 18.4 Å². The SMILES string of the molecule is O=c1cc(N2CCOCC2)nc2n1CCC(C(F)(F)F)N2CCc1ccccc1. The maximum atomic E-state index is 13.8. The number of benzene rings is 1. The fraction of sp³-hybridized carbons (Fsp3) is 0.500. The van der Waals surface area contributed by atoms with E-state index < -0.39 is 12.2 Å². The first-order valence-corrected chi connectivity index (χ1v) is 9.75. The molecule has 1 atom stereocenters. The second-order valence-corrected chi connectivity index (χ2v) is 7.28. The minimum absolute atomic E-state index is 0.0105. The summed E-state index contributed by atoms with van der Waals surface area (Å²) in [6.07, 6.45) is -4.12. The lowest BCUT2D eigenvalue weighted by molar-refractivity contribution is -0.152. The smallest absolute Gasteiger partial charge is 0.378 e. The summed E-state index contributed by atoms with van der Waals surface area (Å²) in [5.74, 6) is 0.514. The molecule has 3 heterocycles. The zero-order valence-corrected chi connectivity index (χ0v) is 15.9. The highest BCUT2D eigenvalue weighted by atomic mass is 19.4. The van der Waals surface area contributed by atoms with E-state index in [1.165, 1.54) is 15.5 Å². The zero-order valence-electron chi connectivity index (χ0n) is 15.9. The summed E-state index contributed by atoms with van der Waals surface area (Å²) >= 11 is 0. The van der Waals surface area contributed by atoms with Crippen LogP contribution >= 0.6 is 0 Å². The van der Waals surface area contributed by atoms with Crippen molar-refractivity contribution in [3.63, 3.8) is 0 Å². The molecule has 0 aliphatic carbocycles. The summed E-state index contributed by atoms with van der Waals surface area (Å²) < 4.78 is 48.0. The standard InChI is InChI=1S/C20H23F3N4O2/c21-20(22,23)16-7-9-27-18(28)14-17(25-10-12-29-13-11-25)24-19(27)26(16)8-6-15-4-2-1-3-5-15/h1-5,14,16H,6-13H2. The van der Waals surface area contributed by atoms with Crippen LogP contribution in [0.25, 0.3) is 0 Å². The molecule has 0 saturated carbocycles. The Morgan fingerprint density at radius 1 is 1.10 bits per heavy atom. The molecule has 0 bridgehead atoms. The van der Waals surface area contributed by atoms with Gasteiger partial charge in [-0.15, -0.1) is 0 Å². The predicted molar refractivity (Wildman–Crippen MR) is 103 cm³/mol. The summed E-state index contributed by atoms with van der Waals surface area (Å²) in [4.78, 5) is 20.3. The molecule has 1 unspecified atom stereocenters. The topological polar surface area (TPSA) is 50.6 Å². The third kappa shape index (κ3) is 4.24. The third-order valence-electron chi connectivity index (χ3n) is 5.43. The number of morpholine rings is 1. The van der Waals surface area contributed by atoms with Gasteiger partial charge in [0.15, 0.2) is 0 Å².